The summed E-state index contributed by atoms with van der Waals surface area (Å²) in [4.78, 5) is 27.6. The van der Waals surface area contributed by atoms with Gasteiger partial charge in [0.2, 0.25) is 5.75 Å². The summed E-state index contributed by atoms with van der Waals surface area (Å²) in [6.45, 7) is -0.369. The van der Waals surface area contributed by atoms with Crippen LogP contribution in [0.4, 0.5) is 11.4 Å². The second-order valence-corrected chi connectivity index (χ2v) is 7.86. The number of anilines is 2. The first-order valence-electron chi connectivity index (χ1n) is 11.0. The summed E-state index contributed by atoms with van der Waals surface area (Å²) >= 11 is 0. The lowest BCUT2D eigenvalue weighted by molar-refractivity contribution is -0.147. The van der Waals surface area contributed by atoms with E-state index >= 15 is 0 Å². The predicted octanol–water partition coefficient (Wildman–Crippen LogP) is 4.26. The summed E-state index contributed by atoms with van der Waals surface area (Å²) in [5.74, 6) is 0.492. The molecule has 0 atom stereocenters. The number of esters is 1. The molecule has 3 aromatic rings. The molecule has 1 aliphatic heterocycles. The molecule has 0 spiro atoms. The maximum atomic E-state index is 13.3. The molecule has 0 unspecified atom stereocenters. The zero-order valence-corrected chi connectivity index (χ0v) is 19.5. The molecular weight excluding hydrogens is 434 g/mol. The number of carbonyl (C=O) groups excluding carboxylic acids is 2. The van der Waals surface area contributed by atoms with Gasteiger partial charge >= 0.3 is 5.97 Å². The van der Waals surface area contributed by atoms with Crippen LogP contribution in [-0.2, 0) is 33.6 Å². The van der Waals surface area contributed by atoms with Crippen molar-refractivity contribution in [1.29, 1.82) is 0 Å². The topological polar surface area (TPSA) is 74.3 Å². The minimum atomic E-state index is -0.529. The van der Waals surface area contributed by atoms with Crippen molar-refractivity contribution in [2.24, 2.45) is 0 Å². The van der Waals surface area contributed by atoms with E-state index in [1.165, 1.54) is 21.3 Å². The largest absolute Gasteiger partial charge is 0.493 e. The van der Waals surface area contributed by atoms with Crippen molar-refractivity contribution < 1.29 is 28.5 Å². The Balaban J connectivity index is 1.51. The highest BCUT2D eigenvalue weighted by Crippen LogP contribution is 2.38. The van der Waals surface area contributed by atoms with Crippen LogP contribution in [0.3, 0.4) is 0 Å². The van der Waals surface area contributed by atoms with E-state index in [1.807, 2.05) is 48.5 Å². The highest BCUT2D eigenvalue weighted by Gasteiger charge is 2.26. The van der Waals surface area contributed by atoms with Gasteiger partial charge in [-0.2, -0.15) is 0 Å². The third-order valence-corrected chi connectivity index (χ3v) is 5.81. The lowest BCUT2D eigenvalue weighted by Crippen LogP contribution is -2.31. The number of rotatable bonds is 7. The van der Waals surface area contributed by atoms with Gasteiger partial charge in [-0.15, -0.1) is 0 Å². The van der Waals surface area contributed by atoms with Gasteiger partial charge in [-0.05, 0) is 53.8 Å². The molecule has 176 valence electrons. The van der Waals surface area contributed by atoms with E-state index < -0.39 is 5.97 Å². The van der Waals surface area contributed by atoms with Crippen molar-refractivity contribution in [3.05, 3.63) is 77.4 Å². The van der Waals surface area contributed by atoms with Crippen LogP contribution in [-0.4, -0.2) is 39.8 Å². The van der Waals surface area contributed by atoms with Gasteiger partial charge in [0.25, 0.3) is 5.91 Å². The SMILES string of the molecule is COc1cc(CC(=O)OCC(=O)N2c3ccccc3CCc3ccccc32)cc(OC)c1OC. The van der Waals surface area contributed by atoms with Crippen molar-refractivity contribution in [2.75, 3.05) is 32.8 Å². The summed E-state index contributed by atoms with van der Waals surface area (Å²) in [7, 11) is 4.53. The van der Waals surface area contributed by atoms with E-state index in [1.54, 1.807) is 17.0 Å². The molecule has 0 fully saturated rings. The Labute approximate surface area is 198 Å². The minimum Gasteiger partial charge on any atom is -0.493 e. The van der Waals surface area contributed by atoms with Gasteiger partial charge < -0.3 is 18.9 Å². The number of carbonyl (C=O) groups is 2. The maximum absolute atomic E-state index is 13.3. The van der Waals surface area contributed by atoms with Gasteiger partial charge in [-0.3, -0.25) is 14.5 Å². The third kappa shape index (κ3) is 4.69. The van der Waals surface area contributed by atoms with E-state index in [4.69, 9.17) is 18.9 Å². The molecule has 34 heavy (non-hydrogen) atoms. The highest BCUT2D eigenvalue weighted by atomic mass is 16.5. The standard InChI is InChI=1S/C27H27NO6/c1-31-23-14-18(15-24(32-2)27(23)33-3)16-26(30)34-17-25(29)28-21-10-6-4-8-19(21)12-13-20-9-5-7-11-22(20)28/h4-11,14-15H,12-13,16-17H2,1-3H3. The molecule has 1 aliphatic rings. The summed E-state index contributed by atoms with van der Waals surface area (Å²) in [6, 6.07) is 19.0. The number of aryl methyl sites for hydroxylation is 2. The minimum absolute atomic E-state index is 0.0445. The zero-order chi connectivity index (χ0) is 24.1. The number of hydrogen-bond donors (Lipinski definition) is 0. The maximum Gasteiger partial charge on any atom is 0.310 e. The van der Waals surface area contributed by atoms with Crippen molar-refractivity contribution in [1.82, 2.24) is 0 Å². The van der Waals surface area contributed by atoms with Crippen LogP contribution in [0.5, 0.6) is 17.2 Å². The molecule has 0 radical (unpaired) electrons. The van der Waals surface area contributed by atoms with Gasteiger partial charge in [0.05, 0.1) is 39.1 Å². The Morgan fingerprint density at radius 1 is 0.794 bits per heavy atom. The lowest BCUT2D eigenvalue weighted by Gasteiger charge is -2.24. The van der Waals surface area contributed by atoms with Crippen molar-refractivity contribution in [3.8, 4) is 17.2 Å². The summed E-state index contributed by atoms with van der Waals surface area (Å²) < 4.78 is 21.4. The van der Waals surface area contributed by atoms with Crippen LogP contribution in [0.1, 0.15) is 16.7 Å². The van der Waals surface area contributed by atoms with Crippen LogP contribution in [0.2, 0.25) is 0 Å². The molecule has 7 nitrogen and oxygen atoms in total. The van der Waals surface area contributed by atoms with Crippen LogP contribution in [0.15, 0.2) is 60.7 Å². The molecule has 7 heteroatoms. The van der Waals surface area contributed by atoms with E-state index in [0.29, 0.717) is 22.8 Å². The third-order valence-electron chi connectivity index (χ3n) is 5.81. The molecule has 0 aromatic heterocycles. The second-order valence-electron chi connectivity index (χ2n) is 7.86. The molecular formula is C27H27NO6. The quantitative estimate of drug-likeness (QED) is 0.490. The molecule has 0 saturated heterocycles. The van der Waals surface area contributed by atoms with E-state index in [2.05, 4.69) is 0 Å². The number of ether oxygens (including phenoxy) is 4. The predicted molar refractivity (Wildman–Crippen MR) is 128 cm³/mol. The first kappa shape index (κ1) is 23.2. The number of para-hydroxylation sites is 2. The summed E-state index contributed by atoms with van der Waals surface area (Å²) in [6.07, 6.45) is 1.62. The van der Waals surface area contributed by atoms with E-state index in [9.17, 15) is 9.59 Å². The van der Waals surface area contributed by atoms with Crippen molar-refractivity contribution in [3.63, 3.8) is 0 Å². The number of benzene rings is 3. The van der Waals surface area contributed by atoms with Crippen LogP contribution in [0, 0.1) is 0 Å². The fraction of sp³-hybridized carbons (Fsp3) is 0.259. The van der Waals surface area contributed by atoms with Crippen LogP contribution >= 0.6 is 0 Å². The molecule has 0 bridgehead atoms. The Kier molecular flexibility index (Phi) is 7.01. The molecule has 0 N–H and O–H groups in total. The average Bonchev–Trinajstić information content (AvgIpc) is 3.03. The normalized spacial score (nSPS) is 12.1. The average molecular weight is 462 g/mol. The molecule has 4 rings (SSSR count). The van der Waals surface area contributed by atoms with E-state index in [0.717, 1.165) is 35.3 Å². The lowest BCUT2D eigenvalue weighted by atomic mass is 10.0. The Bertz CT molecular complexity index is 1130. The second kappa shape index (κ2) is 10.3. The number of methoxy groups -OCH3 is 3. The van der Waals surface area contributed by atoms with Gasteiger partial charge in [0.15, 0.2) is 18.1 Å². The monoisotopic (exact) mass is 461 g/mol. The number of nitrogens with zero attached hydrogens (tertiary/aromatic N) is 1. The van der Waals surface area contributed by atoms with Crippen LogP contribution < -0.4 is 19.1 Å². The first-order valence-corrected chi connectivity index (χ1v) is 11.0. The van der Waals surface area contributed by atoms with Crippen LogP contribution in [0.25, 0.3) is 0 Å². The number of fused-ring (bicyclic) bond motifs is 2. The Hall–Kier alpha value is -4.00. The number of hydrogen-bond acceptors (Lipinski definition) is 6. The Morgan fingerprint density at radius 3 is 1.82 bits per heavy atom. The molecule has 1 heterocycles. The smallest absolute Gasteiger partial charge is 0.310 e. The van der Waals surface area contributed by atoms with Gasteiger partial charge in [0, 0.05) is 0 Å². The fourth-order valence-electron chi connectivity index (χ4n) is 4.21. The highest BCUT2D eigenvalue weighted by molar-refractivity contribution is 6.03. The molecule has 0 aliphatic carbocycles. The van der Waals surface area contributed by atoms with Crippen molar-refractivity contribution in [2.45, 2.75) is 19.3 Å². The molecule has 0 saturated carbocycles. The summed E-state index contributed by atoms with van der Waals surface area (Å²) in [5, 5.41) is 0. The van der Waals surface area contributed by atoms with Crippen molar-refractivity contribution >= 4 is 23.3 Å². The first-order chi connectivity index (χ1) is 16.5. The molecule has 3 aromatic carbocycles. The van der Waals surface area contributed by atoms with Gasteiger partial charge in [-0.25, -0.2) is 0 Å². The van der Waals surface area contributed by atoms with Gasteiger partial charge in [0.1, 0.15) is 0 Å². The zero-order valence-electron chi connectivity index (χ0n) is 19.5. The van der Waals surface area contributed by atoms with E-state index in [-0.39, 0.29) is 18.9 Å². The van der Waals surface area contributed by atoms with Gasteiger partial charge in [-0.1, -0.05) is 36.4 Å². The molecule has 1 amide bonds. The number of amides is 1. The Morgan fingerprint density at radius 2 is 1.32 bits per heavy atom. The summed E-state index contributed by atoms with van der Waals surface area (Å²) in [5.41, 5.74) is 4.42. The fourth-order valence-corrected chi connectivity index (χ4v) is 4.21.